The van der Waals surface area contributed by atoms with Crippen molar-refractivity contribution in [2.75, 3.05) is 7.05 Å². The highest BCUT2D eigenvalue weighted by molar-refractivity contribution is 6.07. The number of ether oxygens (including phenoxy) is 1. The average molecular weight is 387 g/mol. The number of carbonyl (C=O) groups excluding carboxylic acids is 1. The van der Waals surface area contributed by atoms with Crippen molar-refractivity contribution in [2.24, 2.45) is 10.7 Å². The van der Waals surface area contributed by atoms with Crippen LogP contribution in [-0.2, 0) is 10.3 Å². The van der Waals surface area contributed by atoms with Crippen molar-refractivity contribution in [1.29, 1.82) is 0 Å². The minimum absolute atomic E-state index is 0.118. The maximum atomic E-state index is 13.3. The van der Waals surface area contributed by atoms with Crippen LogP contribution < -0.4 is 10.5 Å². The van der Waals surface area contributed by atoms with Crippen LogP contribution in [0.4, 0.5) is 0 Å². The lowest BCUT2D eigenvalue weighted by molar-refractivity contribution is -0.132. The Morgan fingerprint density at radius 2 is 2.03 bits per heavy atom. The fourth-order valence-corrected chi connectivity index (χ4v) is 3.97. The number of hydrogen-bond donors (Lipinski definition) is 1. The van der Waals surface area contributed by atoms with Crippen LogP contribution in [0.2, 0.25) is 0 Å². The van der Waals surface area contributed by atoms with Gasteiger partial charge in [0.05, 0.1) is 0 Å². The molecule has 0 saturated heterocycles. The van der Waals surface area contributed by atoms with E-state index in [0.29, 0.717) is 12.2 Å². The van der Waals surface area contributed by atoms with Gasteiger partial charge in [-0.15, -0.1) is 0 Å². The first kappa shape index (κ1) is 19.0. The summed E-state index contributed by atoms with van der Waals surface area (Å²) in [6.07, 6.45) is 6.16. The van der Waals surface area contributed by atoms with Gasteiger partial charge in [0.1, 0.15) is 11.9 Å². The van der Waals surface area contributed by atoms with Gasteiger partial charge in [0.2, 0.25) is 0 Å². The largest absolute Gasteiger partial charge is 0.485 e. The molecule has 5 heteroatoms. The fourth-order valence-electron chi connectivity index (χ4n) is 3.97. The highest BCUT2D eigenvalue weighted by Gasteiger charge is 2.53. The van der Waals surface area contributed by atoms with Crippen LogP contribution in [0.15, 0.2) is 71.8 Å². The Hall–Kier alpha value is -3.34. The number of guanidine groups is 1. The quantitative estimate of drug-likeness (QED) is 0.804. The first-order valence-electron chi connectivity index (χ1n) is 9.76. The Morgan fingerprint density at radius 3 is 2.69 bits per heavy atom. The number of rotatable bonds is 3. The molecule has 29 heavy (non-hydrogen) atoms. The van der Waals surface area contributed by atoms with E-state index in [4.69, 9.17) is 10.5 Å². The summed E-state index contributed by atoms with van der Waals surface area (Å²) in [6.45, 7) is 4.03. The van der Waals surface area contributed by atoms with Crippen molar-refractivity contribution in [1.82, 2.24) is 4.90 Å². The molecule has 2 N–H and O–H groups in total. The summed E-state index contributed by atoms with van der Waals surface area (Å²) >= 11 is 0. The van der Waals surface area contributed by atoms with Gasteiger partial charge in [0, 0.05) is 19.0 Å². The predicted molar refractivity (Wildman–Crippen MR) is 115 cm³/mol. The molecular formula is C24H25N3O2. The number of allylic oxidation sites excluding steroid dienone is 4. The Bertz CT molecular complexity index is 1040. The molecule has 1 spiro atoms. The zero-order valence-corrected chi connectivity index (χ0v) is 16.9. The summed E-state index contributed by atoms with van der Waals surface area (Å²) in [5, 5.41) is 0. The van der Waals surface area contributed by atoms with Gasteiger partial charge < -0.3 is 10.5 Å². The molecule has 2 aromatic rings. The molecule has 0 saturated carbocycles. The van der Waals surface area contributed by atoms with Gasteiger partial charge in [-0.3, -0.25) is 9.69 Å². The van der Waals surface area contributed by atoms with E-state index in [9.17, 15) is 4.79 Å². The molecule has 0 radical (unpaired) electrons. The topological polar surface area (TPSA) is 67.9 Å². The Balaban J connectivity index is 1.87. The summed E-state index contributed by atoms with van der Waals surface area (Å²) in [5.41, 5.74) is 8.92. The monoisotopic (exact) mass is 387 g/mol. The van der Waals surface area contributed by atoms with E-state index in [0.717, 1.165) is 22.3 Å². The second kappa shape index (κ2) is 7.24. The van der Waals surface area contributed by atoms with Gasteiger partial charge >= 0.3 is 0 Å². The molecule has 2 aliphatic rings. The SMILES string of the molecule is C/C=C\C=C(/C)c1ccc2c(c1)C1(CC(c3ccccc3)O2)N=C(N)N(C)C1=O. The number of likely N-dealkylation sites (N-methyl/N-ethyl adjacent to an activating group) is 1. The van der Waals surface area contributed by atoms with E-state index in [1.165, 1.54) is 4.90 Å². The molecule has 0 aromatic heterocycles. The molecular weight excluding hydrogens is 362 g/mol. The summed E-state index contributed by atoms with van der Waals surface area (Å²) < 4.78 is 6.33. The van der Waals surface area contributed by atoms with E-state index < -0.39 is 5.54 Å². The summed E-state index contributed by atoms with van der Waals surface area (Å²) in [7, 11) is 1.67. The van der Waals surface area contributed by atoms with E-state index in [1.54, 1.807) is 7.05 Å². The zero-order chi connectivity index (χ0) is 20.6. The van der Waals surface area contributed by atoms with Crippen molar-refractivity contribution in [3.05, 3.63) is 83.4 Å². The molecule has 2 aromatic carbocycles. The zero-order valence-electron chi connectivity index (χ0n) is 16.9. The molecule has 0 fully saturated rings. The van der Waals surface area contributed by atoms with Gasteiger partial charge in [-0.25, -0.2) is 4.99 Å². The molecule has 2 aliphatic heterocycles. The maximum absolute atomic E-state index is 13.3. The van der Waals surface area contributed by atoms with Crippen LogP contribution in [0.3, 0.4) is 0 Å². The second-order valence-electron chi connectivity index (χ2n) is 7.50. The average Bonchev–Trinajstić information content (AvgIpc) is 2.96. The van der Waals surface area contributed by atoms with Crippen LogP contribution >= 0.6 is 0 Å². The first-order chi connectivity index (χ1) is 14.0. The lowest BCUT2D eigenvalue weighted by Gasteiger charge is -2.37. The molecule has 4 rings (SSSR count). The number of fused-ring (bicyclic) bond motifs is 2. The van der Waals surface area contributed by atoms with Crippen molar-refractivity contribution < 1.29 is 9.53 Å². The van der Waals surface area contributed by atoms with Crippen molar-refractivity contribution in [3.8, 4) is 5.75 Å². The second-order valence-corrected chi connectivity index (χ2v) is 7.50. The van der Waals surface area contributed by atoms with E-state index in [-0.39, 0.29) is 18.0 Å². The number of nitrogens with two attached hydrogens (primary N) is 1. The number of hydrogen-bond acceptors (Lipinski definition) is 4. The Morgan fingerprint density at radius 1 is 1.28 bits per heavy atom. The molecule has 2 heterocycles. The van der Waals surface area contributed by atoms with Crippen molar-refractivity contribution in [3.63, 3.8) is 0 Å². The number of aliphatic imine (C=N–C) groups is 1. The van der Waals surface area contributed by atoms with Gasteiger partial charge in [-0.05, 0) is 42.7 Å². The van der Waals surface area contributed by atoms with Gasteiger partial charge in [-0.2, -0.15) is 0 Å². The molecule has 5 nitrogen and oxygen atoms in total. The summed E-state index contributed by atoms with van der Waals surface area (Å²) in [4.78, 5) is 19.5. The van der Waals surface area contributed by atoms with E-state index in [2.05, 4.69) is 4.99 Å². The lowest BCUT2D eigenvalue weighted by atomic mass is 9.79. The number of benzene rings is 2. The molecule has 148 valence electrons. The standard InChI is InChI=1S/C24H25N3O2/c1-4-5-9-16(2)18-12-13-20-19(14-18)24(22(28)27(3)23(25)26-24)15-21(29-20)17-10-7-6-8-11-17/h4-14,21H,15H2,1-3H3,(H2,25,26)/b5-4-,16-9+. The van der Waals surface area contributed by atoms with Gasteiger partial charge in [0.15, 0.2) is 11.5 Å². The minimum Gasteiger partial charge on any atom is -0.485 e. The van der Waals surface area contributed by atoms with Crippen LogP contribution in [0.25, 0.3) is 5.57 Å². The normalized spacial score (nSPS) is 24.0. The van der Waals surface area contributed by atoms with E-state index >= 15 is 0 Å². The fraction of sp³-hybridized carbons (Fsp3) is 0.250. The van der Waals surface area contributed by atoms with Crippen LogP contribution in [0.1, 0.15) is 43.1 Å². The highest BCUT2D eigenvalue weighted by Crippen LogP contribution is 2.50. The minimum atomic E-state index is -1.07. The number of nitrogens with zero attached hydrogens (tertiary/aromatic N) is 2. The van der Waals surface area contributed by atoms with Crippen LogP contribution in [0.5, 0.6) is 5.75 Å². The van der Waals surface area contributed by atoms with E-state index in [1.807, 2.05) is 80.6 Å². The number of amides is 1. The smallest absolute Gasteiger partial charge is 0.261 e. The Kier molecular flexibility index (Phi) is 4.74. The highest BCUT2D eigenvalue weighted by atomic mass is 16.5. The predicted octanol–water partition coefficient (Wildman–Crippen LogP) is 4.17. The third kappa shape index (κ3) is 3.12. The third-order valence-corrected chi connectivity index (χ3v) is 5.65. The van der Waals surface area contributed by atoms with Gasteiger partial charge in [-0.1, -0.05) is 54.6 Å². The van der Waals surface area contributed by atoms with Gasteiger partial charge in [0.25, 0.3) is 5.91 Å². The molecule has 0 aliphatic carbocycles. The molecule has 2 atom stereocenters. The summed E-state index contributed by atoms with van der Waals surface area (Å²) in [5.74, 6) is 0.793. The maximum Gasteiger partial charge on any atom is 0.261 e. The molecule has 2 unspecified atom stereocenters. The lowest BCUT2D eigenvalue weighted by Crippen LogP contribution is -2.43. The molecule has 1 amide bonds. The summed E-state index contributed by atoms with van der Waals surface area (Å²) in [6, 6.07) is 15.9. The first-order valence-corrected chi connectivity index (χ1v) is 9.76. The van der Waals surface area contributed by atoms with Crippen molar-refractivity contribution >= 4 is 17.4 Å². The molecule has 0 bridgehead atoms. The van der Waals surface area contributed by atoms with Crippen LogP contribution in [-0.4, -0.2) is 23.8 Å². The third-order valence-electron chi connectivity index (χ3n) is 5.65. The number of carbonyl (C=O) groups is 1. The van der Waals surface area contributed by atoms with Crippen LogP contribution in [0, 0.1) is 0 Å². The Labute approximate surface area is 171 Å². The van der Waals surface area contributed by atoms with Crippen molar-refractivity contribution in [2.45, 2.75) is 31.9 Å².